The Balaban J connectivity index is 1.36. The van der Waals surface area contributed by atoms with Crippen LogP contribution in [0.25, 0.3) is 0 Å². The molecule has 4 rings (SSSR count). The van der Waals surface area contributed by atoms with Crippen LogP contribution in [0.4, 0.5) is 4.39 Å². The summed E-state index contributed by atoms with van der Waals surface area (Å²) in [6, 6.07) is 0.0824. The molecule has 2 saturated heterocycles. The van der Waals surface area contributed by atoms with E-state index in [4.69, 9.17) is 0 Å². The van der Waals surface area contributed by atoms with Gasteiger partial charge in [0.1, 0.15) is 17.7 Å². The minimum Gasteiger partial charge on any atom is -0.331 e. The number of amides is 2. The molecule has 26 heavy (non-hydrogen) atoms. The van der Waals surface area contributed by atoms with Gasteiger partial charge in [-0.05, 0) is 63.2 Å². The minimum atomic E-state index is -0.619. The van der Waals surface area contributed by atoms with E-state index in [0.29, 0.717) is 36.1 Å². The van der Waals surface area contributed by atoms with Crippen LogP contribution in [-0.4, -0.2) is 52.3 Å². The number of halogens is 1. The molecule has 0 aromatic rings. The third-order valence-electron chi connectivity index (χ3n) is 6.79. The van der Waals surface area contributed by atoms with Crippen LogP contribution in [0.1, 0.15) is 58.3 Å². The lowest BCUT2D eigenvalue weighted by Gasteiger charge is -2.42. The van der Waals surface area contributed by atoms with Crippen molar-refractivity contribution in [3.8, 4) is 0 Å². The molecule has 4 fully saturated rings. The van der Waals surface area contributed by atoms with E-state index in [9.17, 15) is 14.0 Å². The Morgan fingerprint density at radius 3 is 2.81 bits per heavy atom. The first kappa shape index (κ1) is 18.5. The fourth-order valence-electron chi connectivity index (χ4n) is 5.50. The lowest BCUT2D eigenvalue weighted by molar-refractivity contribution is -0.140. The normalized spacial score (nSPS) is 42.7. The number of carbonyl (C=O) groups is 2. The summed E-state index contributed by atoms with van der Waals surface area (Å²) < 4.78 is 13.7. The SMILES string of the molecule is CC(=O)N1CCCC[C@H]1C(=O)NC1NC2CCC3CC(F)CCC3C2S1. The van der Waals surface area contributed by atoms with E-state index in [1.54, 1.807) is 11.8 Å². The van der Waals surface area contributed by atoms with Gasteiger partial charge >= 0.3 is 0 Å². The van der Waals surface area contributed by atoms with Gasteiger partial charge in [-0.25, -0.2) is 4.39 Å². The Bertz CT molecular complexity index is 563. The predicted octanol–water partition coefficient (Wildman–Crippen LogP) is 2.41. The molecule has 0 aromatic carbocycles. The molecular weight excluding hydrogens is 353 g/mol. The number of nitrogens with one attached hydrogen (secondary N) is 2. The molecule has 0 spiro atoms. The van der Waals surface area contributed by atoms with Gasteiger partial charge in [-0.2, -0.15) is 0 Å². The maximum Gasteiger partial charge on any atom is 0.244 e. The van der Waals surface area contributed by atoms with Crippen LogP contribution in [0, 0.1) is 11.8 Å². The fraction of sp³-hybridized carbons (Fsp3) is 0.895. The average Bonchev–Trinajstić information content (AvgIpc) is 3.04. The highest BCUT2D eigenvalue weighted by atomic mass is 32.2. The highest BCUT2D eigenvalue weighted by molar-refractivity contribution is 8.00. The summed E-state index contributed by atoms with van der Waals surface area (Å²) in [5.41, 5.74) is -0.0879. The summed E-state index contributed by atoms with van der Waals surface area (Å²) in [7, 11) is 0. The maximum absolute atomic E-state index is 13.7. The highest BCUT2D eigenvalue weighted by Gasteiger charge is 2.48. The number of hydrogen-bond acceptors (Lipinski definition) is 4. The van der Waals surface area contributed by atoms with Gasteiger partial charge in [0.15, 0.2) is 0 Å². The first-order chi connectivity index (χ1) is 12.5. The largest absolute Gasteiger partial charge is 0.331 e. The number of rotatable bonds is 2. The molecule has 7 heteroatoms. The molecule has 0 bridgehead atoms. The number of likely N-dealkylation sites (tertiary alicyclic amines) is 1. The van der Waals surface area contributed by atoms with Gasteiger partial charge in [0.05, 0.1) is 0 Å². The third kappa shape index (κ3) is 3.61. The van der Waals surface area contributed by atoms with Crippen LogP contribution < -0.4 is 10.6 Å². The van der Waals surface area contributed by atoms with E-state index in [0.717, 1.165) is 44.9 Å². The molecular formula is C19H30FN3O2S. The smallest absolute Gasteiger partial charge is 0.244 e. The molecule has 0 radical (unpaired) electrons. The molecule has 2 saturated carbocycles. The summed E-state index contributed by atoms with van der Waals surface area (Å²) in [6.45, 7) is 2.22. The zero-order valence-corrected chi connectivity index (χ0v) is 16.3. The summed E-state index contributed by atoms with van der Waals surface area (Å²) in [5.74, 6) is 1.03. The Morgan fingerprint density at radius 1 is 1.15 bits per heavy atom. The molecule has 2 aliphatic carbocycles. The van der Waals surface area contributed by atoms with Crippen molar-refractivity contribution in [1.82, 2.24) is 15.5 Å². The molecule has 2 aliphatic heterocycles. The molecule has 5 nitrogen and oxygen atoms in total. The number of fused-ring (bicyclic) bond motifs is 3. The number of nitrogens with zero attached hydrogens (tertiary/aromatic N) is 1. The monoisotopic (exact) mass is 383 g/mol. The Morgan fingerprint density at radius 2 is 2.00 bits per heavy atom. The molecule has 2 heterocycles. The Kier molecular flexibility index (Phi) is 5.46. The molecule has 2 amide bonds. The van der Waals surface area contributed by atoms with Crippen LogP contribution in [0.2, 0.25) is 0 Å². The molecule has 2 N–H and O–H groups in total. The molecule has 4 aliphatic rings. The number of alkyl halides is 1. The zero-order valence-electron chi connectivity index (χ0n) is 15.5. The van der Waals surface area contributed by atoms with Gasteiger partial charge in [-0.15, -0.1) is 11.8 Å². The van der Waals surface area contributed by atoms with Crippen LogP contribution in [0.15, 0.2) is 0 Å². The lowest BCUT2D eigenvalue weighted by Crippen LogP contribution is -2.54. The Hall–Kier alpha value is -0.820. The van der Waals surface area contributed by atoms with Crippen LogP contribution in [-0.2, 0) is 9.59 Å². The van der Waals surface area contributed by atoms with Crippen molar-refractivity contribution in [1.29, 1.82) is 0 Å². The van der Waals surface area contributed by atoms with E-state index < -0.39 is 6.17 Å². The van der Waals surface area contributed by atoms with E-state index in [1.165, 1.54) is 0 Å². The molecule has 146 valence electrons. The van der Waals surface area contributed by atoms with Gasteiger partial charge in [-0.3, -0.25) is 14.9 Å². The summed E-state index contributed by atoms with van der Waals surface area (Å²) in [5, 5.41) is 7.20. The van der Waals surface area contributed by atoms with E-state index in [-0.39, 0.29) is 23.4 Å². The number of piperidine rings is 1. The van der Waals surface area contributed by atoms with Crippen LogP contribution >= 0.6 is 11.8 Å². The van der Waals surface area contributed by atoms with Crippen molar-refractivity contribution in [2.45, 2.75) is 87.3 Å². The summed E-state index contributed by atoms with van der Waals surface area (Å²) >= 11 is 1.81. The Labute approximate surface area is 159 Å². The van der Waals surface area contributed by atoms with E-state index in [1.807, 2.05) is 11.8 Å². The van der Waals surface area contributed by atoms with Crippen molar-refractivity contribution < 1.29 is 14.0 Å². The van der Waals surface area contributed by atoms with Crippen molar-refractivity contribution >= 4 is 23.6 Å². The quantitative estimate of drug-likeness (QED) is 0.769. The van der Waals surface area contributed by atoms with Gasteiger partial charge in [0, 0.05) is 24.8 Å². The number of thioether (sulfide) groups is 1. The summed E-state index contributed by atoms with van der Waals surface area (Å²) in [4.78, 5) is 26.3. The van der Waals surface area contributed by atoms with Crippen LogP contribution in [0.3, 0.4) is 0 Å². The van der Waals surface area contributed by atoms with Gasteiger partial charge in [-0.1, -0.05) is 0 Å². The third-order valence-corrected chi connectivity index (χ3v) is 8.30. The van der Waals surface area contributed by atoms with E-state index >= 15 is 0 Å². The first-order valence-electron chi connectivity index (χ1n) is 10.2. The topological polar surface area (TPSA) is 61.4 Å². The standard InChI is InChI=1S/C19H30FN3O2S/c1-11(24)23-9-3-2-4-16(23)18(25)22-19-21-15-8-5-12-10-13(20)6-7-14(12)17(15)26-19/h12-17,19,21H,2-10H2,1H3,(H,22,25)/t12?,13?,14?,15?,16-,17?,19?/m0/s1. The van der Waals surface area contributed by atoms with Crippen molar-refractivity contribution in [2.75, 3.05) is 6.54 Å². The number of carbonyl (C=O) groups excluding carboxylic acids is 2. The predicted molar refractivity (Wildman–Crippen MR) is 100 cm³/mol. The second kappa shape index (κ2) is 7.66. The average molecular weight is 384 g/mol. The molecule has 7 atom stereocenters. The van der Waals surface area contributed by atoms with Crippen LogP contribution in [0.5, 0.6) is 0 Å². The first-order valence-corrected chi connectivity index (χ1v) is 11.1. The van der Waals surface area contributed by atoms with Gasteiger partial charge < -0.3 is 10.2 Å². The van der Waals surface area contributed by atoms with E-state index in [2.05, 4.69) is 10.6 Å². The minimum absolute atomic E-state index is 0.0172. The van der Waals surface area contributed by atoms with Crippen molar-refractivity contribution in [2.24, 2.45) is 11.8 Å². The molecule has 0 aromatic heterocycles. The second-order valence-electron chi connectivity index (χ2n) is 8.40. The zero-order chi connectivity index (χ0) is 18.3. The lowest BCUT2D eigenvalue weighted by atomic mass is 9.68. The second-order valence-corrected chi connectivity index (χ2v) is 9.69. The molecule has 6 unspecified atom stereocenters. The highest BCUT2D eigenvalue weighted by Crippen LogP contribution is 2.48. The van der Waals surface area contributed by atoms with Gasteiger partial charge in [0.25, 0.3) is 0 Å². The summed E-state index contributed by atoms with van der Waals surface area (Å²) in [6.07, 6.45) is 6.66. The fourth-order valence-corrected chi connectivity index (χ4v) is 7.21. The van der Waals surface area contributed by atoms with Crippen molar-refractivity contribution in [3.05, 3.63) is 0 Å². The van der Waals surface area contributed by atoms with Gasteiger partial charge in [0.2, 0.25) is 11.8 Å². The number of hydrogen-bond donors (Lipinski definition) is 2. The van der Waals surface area contributed by atoms with Crippen molar-refractivity contribution in [3.63, 3.8) is 0 Å². The maximum atomic E-state index is 13.7.